The van der Waals surface area contributed by atoms with Crippen molar-refractivity contribution in [1.29, 1.82) is 0 Å². The van der Waals surface area contributed by atoms with Gasteiger partial charge in [0.15, 0.2) is 0 Å². The number of aromatic nitrogens is 2. The largest absolute Gasteiger partial charge is 0.383 e. The lowest BCUT2D eigenvalue weighted by Crippen LogP contribution is -2.29. The van der Waals surface area contributed by atoms with Gasteiger partial charge in [0.1, 0.15) is 5.82 Å². The number of benzene rings is 1. The number of halogens is 2. The molecule has 2 N–H and O–H groups in total. The van der Waals surface area contributed by atoms with Crippen LogP contribution in [0.5, 0.6) is 0 Å². The predicted octanol–water partition coefficient (Wildman–Crippen LogP) is 1.48. The Kier molecular flexibility index (Phi) is 7.61. The lowest BCUT2D eigenvalue weighted by Gasteiger charge is -2.11. The Labute approximate surface area is 162 Å². The van der Waals surface area contributed by atoms with Gasteiger partial charge < -0.3 is 10.1 Å². The van der Waals surface area contributed by atoms with E-state index in [0.717, 1.165) is 10.8 Å². The molecule has 11 heteroatoms. The zero-order valence-corrected chi connectivity index (χ0v) is 16.3. The molecule has 0 bridgehead atoms. The Hall–Kier alpha value is -2.37. The first kappa shape index (κ1) is 21.9. The molecule has 1 amide bonds. The molecule has 0 saturated carbocycles. The number of alkyl halides is 2. The van der Waals surface area contributed by atoms with Crippen LogP contribution in [0.4, 0.5) is 8.78 Å². The van der Waals surface area contributed by atoms with Crippen LogP contribution < -0.4 is 10.0 Å². The summed E-state index contributed by atoms with van der Waals surface area (Å²) < 4.78 is 58.1. The SMILES string of the molecule is COCCNS(=O)(=O)c1ccc(C)c(C(=O)NCCc2nccn2C(F)F)c1. The van der Waals surface area contributed by atoms with Crippen LogP contribution in [0.25, 0.3) is 0 Å². The minimum Gasteiger partial charge on any atom is -0.383 e. The van der Waals surface area contributed by atoms with Gasteiger partial charge in [-0.25, -0.2) is 18.1 Å². The van der Waals surface area contributed by atoms with Crippen LogP contribution in [-0.4, -0.2) is 50.7 Å². The van der Waals surface area contributed by atoms with E-state index in [0.29, 0.717) is 5.56 Å². The number of nitrogens with one attached hydrogen (secondary N) is 2. The molecule has 0 radical (unpaired) electrons. The second kappa shape index (κ2) is 9.71. The third-order valence-electron chi connectivity index (χ3n) is 3.96. The van der Waals surface area contributed by atoms with Crippen molar-refractivity contribution in [3.63, 3.8) is 0 Å². The number of ether oxygens (including phenoxy) is 1. The van der Waals surface area contributed by atoms with E-state index in [1.54, 1.807) is 6.92 Å². The lowest BCUT2D eigenvalue weighted by atomic mass is 10.1. The number of hydrogen-bond donors (Lipinski definition) is 2. The van der Waals surface area contributed by atoms with Gasteiger partial charge in [0.25, 0.3) is 5.91 Å². The number of sulfonamides is 1. The molecule has 0 unspecified atom stereocenters. The van der Waals surface area contributed by atoms with Gasteiger partial charge in [-0.05, 0) is 24.6 Å². The summed E-state index contributed by atoms with van der Waals surface area (Å²) in [6.45, 7) is -0.640. The van der Waals surface area contributed by atoms with E-state index in [4.69, 9.17) is 4.74 Å². The lowest BCUT2D eigenvalue weighted by molar-refractivity contribution is 0.0670. The molecule has 1 heterocycles. The topological polar surface area (TPSA) is 102 Å². The average Bonchev–Trinajstić information content (AvgIpc) is 3.10. The summed E-state index contributed by atoms with van der Waals surface area (Å²) in [5, 5.41) is 2.60. The van der Waals surface area contributed by atoms with Crippen molar-refractivity contribution in [2.24, 2.45) is 0 Å². The first-order valence-corrected chi connectivity index (χ1v) is 9.92. The van der Waals surface area contributed by atoms with Gasteiger partial charge in [0.05, 0.1) is 11.5 Å². The minimum atomic E-state index is -3.78. The summed E-state index contributed by atoms with van der Waals surface area (Å²) >= 11 is 0. The number of carbonyl (C=O) groups is 1. The highest BCUT2D eigenvalue weighted by atomic mass is 32.2. The van der Waals surface area contributed by atoms with E-state index in [-0.39, 0.29) is 42.4 Å². The summed E-state index contributed by atoms with van der Waals surface area (Å²) in [6.07, 6.45) is 2.54. The van der Waals surface area contributed by atoms with E-state index >= 15 is 0 Å². The van der Waals surface area contributed by atoms with E-state index in [1.165, 1.54) is 31.5 Å². The molecule has 0 spiro atoms. The molecule has 154 valence electrons. The molecule has 1 aromatic carbocycles. The van der Waals surface area contributed by atoms with Gasteiger partial charge in [-0.1, -0.05) is 6.07 Å². The van der Waals surface area contributed by atoms with Gasteiger partial charge in [0.2, 0.25) is 10.0 Å². The van der Waals surface area contributed by atoms with Crippen LogP contribution in [-0.2, 0) is 21.2 Å². The Morgan fingerprint density at radius 1 is 1.32 bits per heavy atom. The molecule has 1 aromatic heterocycles. The third kappa shape index (κ3) is 5.57. The monoisotopic (exact) mass is 416 g/mol. The van der Waals surface area contributed by atoms with Crippen LogP contribution in [0.2, 0.25) is 0 Å². The van der Waals surface area contributed by atoms with Crippen molar-refractivity contribution in [2.45, 2.75) is 24.8 Å². The smallest absolute Gasteiger partial charge is 0.319 e. The summed E-state index contributed by atoms with van der Waals surface area (Å²) in [6, 6.07) is 4.21. The molecule has 0 aliphatic heterocycles. The van der Waals surface area contributed by atoms with Gasteiger partial charge in [-0.2, -0.15) is 8.78 Å². The van der Waals surface area contributed by atoms with Gasteiger partial charge >= 0.3 is 6.55 Å². The van der Waals surface area contributed by atoms with Crippen molar-refractivity contribution < 1.29 is 26.7 Å². The first-order chi connectivity index (χ1) is 13.3. The molecule has 0 aliphatic rings. The second-order valence-corrected chi connectivity index (χ2v) is 7.67. The molecule has 2 rings (SSSR count). The van der Waals surface area contributed by atoms with Gasteiger partial charge in [-0.3, -0.25) is 9.36 Å². The molecule has 0 saturated heterocycles. The normalized spacial score (nSPS) is 11.8. The maximum Gasteiger partial charge on any atom is 0.319 e. The zero-order valence-electron chi connectivity index (χ0n) is 15.5. The van der Waals surface area contributed by atoms with Crippen molar-refractivity contribution in [2.75, 3.05) is 26.8 Å². The fourth-order valence-electron chi connectivity index (χ4n) is 2.47. The highest BCUT2D eigenvalue weighted by Crippen LogP contribution is 2.16. The Morgan fingerprint density at radius 2 is 2.07 bits per heavy atom. The fraction of sp³-hybridized carbons (Fsp3) is 0.412. The maximum absolute atomic E-state index is 12.8. The fourth-order valence-corrected chi connectivity index (χ4v) is 3.51. The maximum atomic E-state index is 12.8. The molecular weight excluding hydrogens is 394 g/mol. The van der Waals surface area contributed by atoms with Crippen LogP contribution in [0.1, 0.15) is 28.3 Å². The molecule has 0 fully saturated rings. The number of methoxy groups -OCH3 is 1. The highest BCUT2D eigenvalue weighted by molar-refractivity contribution is 7.89. The molecular formula is C17H22F2N4O4S. The van der Waals surface area contributed by atoms with Crippen molar-refractivity contribution in [3.8, 4) is 0 Å². The number of nitrogens with zero attached hydrogens (tertiary/aromatic N) is 2. The predicted molar refractivity (Wildman–Crippen MR) is 97.8 cm³/mol. The second-order valence-electron chi connectivity index (χ2n) is 5.90. The number of rotatable bonds is 10. The van der Waals surface area contributed by atoms with Gasteiger partial charge in [-0.15, -0.1) is 0 Å². The van der Waals surface area contributed by atoms with Crippen molar-refractivity contribution in [3.05, 3.63) is 47.5 Å². The van der Waals surface area contributed by atoms with E-state index in [2.05, 4.69) is 15.0 Å². The molecule has 8 nitrogen and oxygen atoms in total. The molecule has 0 atom stereocenters. The van der Waals surface area contributed by atoms with E-state index < -0.39 is 22.5 Å². The Balaban J connectivity index is 2.05. The Morgan fingerprint density at radius 3 is 2.75 bits per heavy atom. The summed E-state index contributed by atoms with van der Waals surface area (Å²) in [5.74, 6) is -0.354. The number of imidazole rings is 1. The van der Waals surface area contributed by atoms with Crippen LogP contribution in [0, 0.1) is 6.92 Å². The van der Waals surface area contributed by atoms with E-state index in [9.17, 15) is 22.0 Å². The van der Waals surface area contributed by atoms with Crippen molar-refractivity contribution >= 4 is 15.9 Å². The molecule has 2 aromatic rings. The molecule has 28 heavy (non-hydrogen) atoms. The minimum absolute atomic E-state index is 0.0485. The summed E-state index contributed by atoms with van der Waals surface area (Å²) in [7, 11) is -2.33. The average molecular weight is 416 g/mol. The zero-order chi connectivity index (χ0) is 20.7. The number of carbonyl (C=O) groups excluding carboxylic acids is 1. The number of amides is 1. The van der Waals surface area contributed by atoms with Crippen LogP contribution in [0.3, 0.4) is 0 Å². The van der Waals surface area contributed by atoms with Gasteiger partial charge in [0, 0.05) is 44.6 Å². The summed E-state index contributed by atoms with van der Waals surface area (Å²) in [5.41, 5.74) is 0.772. The van der Waals surface area contributed by atoms with Crippen molar-refractivity contribution in [1.82, 2.24) is 19.6 Å². The highest BCUT2D eigenvalue weighted by Gasteiger charge is 2.18. The number of hydrogen-bond acceptors (Lipinski definition) is 5. The van der Waals surface area contributed by atoms with Crippen LogP contribution >= 0.6 is 0 Å². The summed E-state index contributed by atoms with van der Waals surface area (Å²) in [4.78, 5) is 16.2. The number of aryl methyl sites for hydroxylation is 1. The molecule has 0 aliphatic carbocycles. The standard InChI is InChI=1S/C17H22F2N4O4S/c1-12-3-4-13(28(25,26)22-8-10-27-2)11-14(12)16(24)21-6-5-15-20-7-9-23(15)17(18)19/h3-4,7,9,11,17,22H,5-6,8,10H2,1-2H3,(H,21,24). The van der Waals surface area contributed by atoms with E-state index in [1.807, 2.05) is 0 Å². The Bertz CT molecular complexity index is 916. The first-order valence-electron chi connectivity index (χ1n) is 8.43. The van der Waals surface area contributed by atoms with Crippen LogP contribution in [0.15, 0.2) is 35.5 Å². The third-order valence-corrected chi connectivity index (χ3v) is 5.41. The quantitative estimate of drug-likeness (QED) is 0.572.